The number of nitrogens with one attached hydrogen (secondary N) is 1. The monoisotopic (exact) mass is 387 g/mol. The van der Waals surface area contributed by atoms with E-state index in [0.29, 0.717) is 25.1 Å². The lowest BCUT2D eigenvalue weighted by molar-refractivity contribution is -0.138. The van der Waals surface area contributed by atoms with Crippen molar-refractivity contribution in [2.24, 2.45) is 5.92 Å². The normalized spacial score (nSPS) is 16.1. The van der Waals surface area contributed by atoms with Crippen LogP contribution in [0.4, 0.5) is 0 Å². The van der Waals surface area contributed by atoms with Crippen LogP contribution in [0.5, 0.6) is 0 Å². The fourth-order valence-corrected chi connectivity index (χ4v) is 3.45. The van der Waals surface area contributed by atoms with Crippen LogP contribution in [-0.4, -0.2) is 66.7 Å². The maximum absolute atomic E-state index is 12.9. The Balaban J connectivity index is 1.92. The Hall–Kier alpha value is -2.21. The zero-order valence-corrected chi connectivity index (χ0v) is 17.5. The molecule has 1 aromatic carbocycles. The standard InChI is InChI=1S/C22H33N3O3/c1-16(2)15-19(22(28)25-13-11-24(4)12-14-25)23-21(27)10-9-20(26)18-8-6-5-7-17(18)3/h5-8,16,19H,9-15H2,1-4H3,(H,23,27). The van der Waals surface area contributed by atoms with E-state index in [9.17, 15) is 14.4 Å². The molecule has 1 fully saturated rings. The minimum Gasteiger partial charge on any atom is -0.344 e. The molecule has 0 aliphatic carbocycles. The van der Waals surface area contributed by atoms with Gasteiger partial charge in [0.25, 0.3) is 0 Å². The quantitative estimate of drug-likeness (QED) is 0.695. The van der Waals surface area contributed by atoms with E-state index >= 15 is 0 Å². The third-order valence-corrected chi connectivity index (χ3v) is 5.18. The number of likely N-dealkylation sites (N-methyl/N-ethyl adjacent to an activating group) is 1. The molecule has 2 rings (SSSR count). The zero-order valence-electron chi connectivity index (χ0n) is 17.5. The summed E-state index contributed by atoms with van der Waals surface area (Å²) in [5.74, 6) is -0.00943. The average molecular weight is 388 g/mol. The van der Waals surface area contributed by atoms with Crippen LogP contribution in [-0.2, 0) is 9.59 Å². The third kappa shape index (κ3) is 6.44. The molecule has 0 aromatic heterocycles. The topological polar surface area (TPSA) is 69.7 Å². The van der Waals surface area contributed by atoms with E-state index in [0.717, 1.165) is 18.7 Å². The first-order chi connectivity index (χ1) is 13.3. The molecule has 154 valence electrons. The van der Waals surface area contributed by atoms with E-state index in [1.807, 2.05) is 50.9 Å². The highest BCUT2D eigenvalue weighted by atomic mass is 16.2. The van der Waals surface area contributed by atoms with Gasteiger partial charge in [0, 0.05) is 44.6 Å². The molecule has 0 radical (unpaired) electrons. The van der Waals surface area contributed by atoms with Gasteiger partial charge in [-0.15, -0.1) is 0 Å². The number of aryl methyl sites for hydroxylation is 1. The summed E-state index contributed by atoms with van der Waals surface area (Å²) < 4.78 is 0. The van der Waals surface area contributed by atoms with Crippen molar-refractivity contribution in [2.75, 3.05) is 33.2 Å². The highest BCUT2D eigenvalue weighted by Gasteiger charge is 2.28. The minimum absolute atomic E-state index is 0.0135. The molecule has 6 nitrogen and oxygen atoms in total. The van der Waals surface area contributed by atoms with Gasteiger partial charge in [0.1, 0.15) is 6.04 Å². The molecule has 1 aliphatic heterocycles. The fraction of sp³-hybridized carbons (Fsp3) is 0.591. The predicted molar refractivity (Wildman–Crippen MR) is 110 cm³/mol. The molecule has 0 saturated carbocycles. The number of carbonyl (C=O) groups excluding carboxylic acids is 3. The summed E-state index contributed by atoms with van der Waals surface area (Å²) in [7, 11) is 2.04. The first-order valence-electron chi connectivity index (χ1n) is 10.1. The van der Waals surface area contributed by atoms with E-state index in [4.69, 9.17) is 0 Å². The van der Waals surface area contributed by atoms with Crippen molar-refractivity contribution >= 4 is 17.6 Å². The van der Waals surface area contributed by atoms with Crippen LogP contribution in [0.1, 0.15) is 49.0 Å². The molecule has 1 unspecified atom stereocenters. The van der Waals surface area contributed by atoms with Crippen molar-refractivity contribution in [1.29, 1.82) is 0 Å². The van der Waals surface area contributed by atoms with Crippen molar-refractivity contribution in [3.63, 3.8) is 0 Å². The summed E-state index contributed by atoms with van der Waals surface area (Å²) in [6, 6.07) is 6.87. The second-order valence-corrected chi connectivity index (χ2v) is 8.12. The molecule has 2 amide bonds. The van der Waals surface area contributed by atoms with Crippen LogP contribution in [0.3, 0.4) is 0 Å². The Kier molecular flexibility index (Phi) is 8.18. The van der Waals surface area contributed by atoms with E-state index in [1.165, 1.54) is 0 Å². The Morgan fingerprint density at radius 2 is 1.68 bits per heavy atom. The van der Waals surface area contributed by atoms with Gasteiger partial charge in [0.2, 0.25) is 11.8 Å². The summed E-state index contributed by atoms with van der Waals surface area (Å²) >= 11 is 0. The lowest BCUT2D eigenvalue weighted by Crippen LogP contribution is -2.54. The molecule has 1 heterocycles. The zero-order chi connectivity index (χ0) is 20.7. The number of rotatable bonds is 8. The molecule has 0 bridgehead atoms. The van der Waals surface area contributed by atoms with Crippen molar-refractivity contribution < 1.29 is 14.4 Å². The van der Waals surface area contributed by atoms with E-state index in [2.05, 4.69) is 10.2 Å². The number of hydrogen-bond donors (Lipinski definition) is 1. The van der Waals surface area contributed by atoms with Gasteiger partial charge in [0.05, 0.1) is 0 Å². The number of hydrogen-bond acceptors (Lipinski definition) is 4. The van der Waals surface area contributed by atoms with Gasteiger partial charge in [-0.2, -0.15) is 0 Å². The summed E-state index contributed by atoms with van der Waals surface area (Å²) in [5, 5.41) is 2.88. The van der Waals surface area contributed by atoms with Gasteiger partial charge in [-0.3, -0.25) is 14.4 Å². The molecule has 6 heteroatoms. The largest absolute Gasteiger partial charge is 0.344 e. The van der Waals surface area contributed by atoms with Gasteiger partial charge in [0.15, 0.2) is 5.78 Å². The molecule has 0 spiro atoms. The molecule has 1 saturated heterocycles. The Labute approximate surface area is 168 Å². The molecule has 28 heavy (non-hydrogen) atoms. The fourth-order valence-electron chi connectivity index (χ4n) is 3.45. The molecule has 1 N–H and O–H groups in total. The lowest BCUT2D eigenvalue weighted by atomic mass is 10.00. The van der Waals surface area contributed by atoms with E-state index < -0.39 is 6.04 Å². The van der Waals surface area contributed by atoms with Crippen LogP contribution >= 0.6 is 0 Å². The van der Waals surface area contributed by atoms with Crippen LogP contribution in [0.2, 0.25) is 0 Å². The van der Waals surface area contributed by atoms with Gasteiger partial charge in [-0.25, -0.2) is 0 Å². The van der Waals surface area contributed by atoms with Gasteiger partial charge in [-0.1, -0.05) is 38.1 Å². The van der Waals surface area contributed by atoms with E-state index in [1.54, 1.807) is 6.07 Å². The van der Waals surface area contributed by atoms with Crippen LogP contribution < -0.4 is 5.32 Å². The molecular formula is C22H33N3O3. The highest BCUT2D eigenvalue weighted by molar-refractivity contribution is 5.99. The second-order valence-electron chi connectivity index (χ2n) is 8.12. The number of benzene rings is 1. The van der Waals surface area contributed by atoms with Gasteiger partial charge >= 0.3 is 0 Å². The Morgan fingerprint density at radius 3 is 2.29 bits per heavy atom. The van der Waals surface area contributed by atoms with E-state index in [-0.39, 0.29) is 36.4 Å². The van der Waals surface area contributed by atoms with Gasteiger partial charge < -0.3 is 15.1 Å². The minimum atomic E-state index is -0.524. The smallest absolute Gasteiger partial charge is 0.245 e. The number of Topliss-reactive ketones (excluding diaryl/α,β-unsaturated/α-hetero) is 1. The first kappa shape index (κ1) is 22.1. The average Bonchev–Trinajstić information content (AvgIpc) is 2.65. The SMILES string of the molecule is Cc1ccccc1C(=O)CCC(=O)NC(CC(C)C)C(=O)N1CCN(C)CC1. The summed E-state index contributed by atoms with van der Waals surface area (Å²) in [6.07, 6.45) is 0.841. The van der Waals surface area contributed by atoms with Crippen LogP contribution in [0.25, 0.3) is 0 Å². The molecule has 1 atom stereocenters. The summed E-state index contributed by atoms with van der Waals surface area (Å²) in [6.45, 7) is 9.03. The van der Waals surface area contributed by atoms with Crippen LogP contribution in [0.15, 0.2) is 24.3 Å². The number of carbonyl (C=O) groups is 3. The second kappa shape index (κ2) is 10.4. The Morgan fingerprint density at radius 1 is 1.04 bits per heavy atom. The molecule has 1 aromatic rings. The lowest BCUT2D eigenvalue weighted by Gasteiger charge is -2.35. The van der Waals surface area contributed by atoms with Crippen molar-refractivity contribution in [1.82, 2.24) is 15.1 Å². The van der Waals surface area contributed by atoms with Crippen molar-refractivity contribution in [2.45, 2.75) is 46.1 Å². The summed E-state index contributed by atoms with van der Waals surface area (Å²) in [5.41, 5.74) is 1.57. The third-order valence-electron chi connectivity index (χ3n) is 5.18. The number of nitrogens with zero attached hydrogens (tertiary/aromatic N) is 2. The van der Waals surface area contributed by atoms with Crippen LogP contribution in [0, 0.1) is 12.8 Å². The number of ketones is 1. The van der Waals surface area contributed by atoms with Crippen molar-refractivity contribution in [3.05, 3.63) is 35.4 Å². The molecular weight excluding hydrogens is 354 g/mol. The van der Waals surface area contributed by atoms with Crippen molar-refractivity contribution in [3.8, 4) is 0 Å². The van der Waals surface area contributed by atoms with Gasteiger partial charge in [-0.05, 0) is 31.9 Å². The number of piperazine rings is 1. The number of amides is 2. The summed E-state index contributed by atoms with van der Waals surface area (Å²) in [4.78, 5) is 41.8. The maximum atomic E-state index is 12.9. The maximum Gasteiger partial charge on any atom is 0.245 e. The first-order valence-corrected chi connectivity index (χ1v) is 10.1. The Bertz CT molecular complexity index is 694. The highest BCUT2D eigenvalue weighted by Crippen LogP contribution is 2.13. The molecule has 1 aliphatic rings. The predicted octanol–water partition coefficient (Wildman–Crippen LogP) is 2.26.